The lowest BCUT2D eigenvalue weighted by molar-refractivity contribution is 0.0597. The average molecular weight is 209 g/mol. The molecule has 15 heavy (non-hydrogen) atoms. The van der Waals surface area contributed by atoms with Crippen molar-refractivity contribution in [2.75, 3.05) is 13.7 Å². The van der Waals surface area contributed by atoms with Crippen LogP contribution in [0.25, 0.3) is 0 Å². The highest BCUT2D eigenvalue weighted by molar-refractivity contribution is 5.91. The van der Waals surface area contributed by atoms with Crippen molar-refractivity contribution in [1.29, 1.82) is 0 Å². The van der Waals surface area contributed by atoms with Gasteiger partial charge < -0.3 is 9.57 Å². The van der Waals surface area contributed by atoms with E-state index in [0.717, 1.165) is 5.56 Å². The van der Waals surface area contributed by atoms with Crippen molar-refractivity contribution in [2.45, 2.75) is 12.8 Å². The lowest BCUT2D eigenvalue weighted by atomic mass is 9.96. The van der Waals surface area contributed by atoms with Gasteiger partial charge in [-0.15, -0.1) is 0 Å². The van der Waals surface area contributed by atoms with Crippen LogP contribution in [0.1, 0.15) is 28.8 Å². The Hall–Kier alpha value is -1.39. The maximum atomic E-state index is 11.4. The van der Waals surface area contributed by atoms with E-state index in [1.165, 1.54) is 7.11 Å². The first-order valence-corrected chi connectivity index (χ1v) is 4.69. The van der Waals surface area contributed by atoms with E-state index in [4.69, 9.17) is 10.6 Å². The third-order valence-electron chi connectivity index (χ3n) is 2.24. The van der Waals surface area contributed by atoms with Gasteiger partial charge in [-0.3, -0.25) is 0 Å². The molecule has 0 bridgehead atoms. The van der Waals surface area contributed by atoms with Crippen molar-refractivity contribution in [3.8, 4) is 0 Å². The number of methoxy groups -OCH3 is 1. The zero-order valence-electron chi connectivity index (χ0n) is 8.90. The zero-order chi connectivity index (χ0) is 11.3. The lowest BCUT2D eigenvalue weighted by Gasteiger charge is -2.13. The van der Waals surface area contributed by atoms with Crippen molar-refractivity contribution in [1.82, 2.24) is 0 Å². The van der Waals surface area contributed by atoms with Crippen LogP contribution < -0.4 is 5.90 Å². The standard InChI is InChI=1S/C11H15NO3/c1-8(7-15-12)9-5-3-4-6-10(9)11(13)14-2/h3-6,8H,7,12H2,1-2H3. The number of nitrogens with two attached hydrogens (primary N) is 1. The summed E-state index contributed by atoms with van der Waals surface area (Å²) in [6.45, 7) is 2.31. The van der Waals surface area contributed by atoms with Crippen LogP contribution in [0.2, 0.25) is 0 Å². The van der Waals surface area contributed by atoms with E-state index >= 15 is 0 Å². The largest absolute Gasteiger partial charge is 0.465 e. The molecule has 1 rings (SSSR count). The number of ether oxygens (including phenoxy) is 1. The molecule has 0 heterocycles. The molecule has 2 N–H and O–H groups in total. The summed E-state index contributed by atoms with van der Waals surface area (Å²) < 4.78 is 4.69. The molecule has 1 aromatic rings. The van der Waals surface area contributed by atoms with E-state index in [1.807, 2.05) is 19.1 Å². The van der Waals surface area contributed by atoms with Gasteiger partial charge in [-0.1, -0.05) is 25.1 Å². The smallest absolute Gasteiger partial charge is 0.338 e. The monoisotopic (exact) mass is 209 g/mol. The summed E-state index contributed by atoms with van der Waals surface area (Å²) in [6.07, 6.45) is 0. The third-order valence-corrected chi connectivity index (χ3v) is 2.24. The van der Waals surface area contributed by atoms with Crippen molar-refractivity contribution in [2.24, 2.45) is 5.90 Å². The van der Waals surface area contributed by atoms with Crippen molar-refractivity contribution < 1.29 is 14.4 Å². The molecule has 1 aromatic carbocycles. The van der Waals surface area contributed by atoms with Crippen LogP contribution in [0, 0.1) is 0 Å². The molecule has 0 saturated heterocycles. The summed E-state index contributed by atoms with van der Waals surface area (Å²) >= 11 is 0. The summed E-state index contributed by atoms with van der Waals surface area (Å²) in [5, 5.41) is 0. The van der Waals surface area contributed by atoms with E-state index < -0.39 is 0 Å². The average Bonchev–Trinajstić information content (AvgIpc) is 2.28. The van der Waals surface area contributed by atoms with Crippen molar-refractivity contribution in [3.05, 3.63) is 35.4 Å². The van der Waals surface area contributed by atoms with Gasteiger partial charge in [0.25, 0.3) is 0 Å². The molecular formula is C11H15NO3. The van der Waals surface area contributed by atoms with Gasteiger partial charge in [0.15, 0.2) is 0 Å². The van der Waals surface area contributed by atoms with Crippen LogP contribution in [0.5, 0.6) is 0 Å². The number of hydrogen-bond acceptors (Lipinski definition) is 4. The van der Waals surface area contributed by atoms with E-state index in [0.29, 0.717) is 12.2 Å². The second kappa shape index (κ2) is 5.48. The van der Waals surface area contributed by atoms with Gasteiger partial charge in [0.1, 0.15) is 0 Å². The minimum Gasteiger partial charge on any atom is -0.465 e. The highest BCUT2D eigenvalue weighted by Gasteiger charge is 2.15. The van der Waals surface area contributed by atoms with Crippen LogP contribution in [0.4, 0.5) is 0 Å². The maximum absolute atomic E-state index is 11.4. The Morgan fingerprint density at radius 3 is 2.73 bits per heavy atom. The Bertz CT molecular complexity index is 338. The van der Waals surface area contributed by atoms with Gasteiger partial charge in [-0.25, -0.2) is 10.7 Å². The van der Waals surface area contributed by atoms with E-state index in [2.05, 4.69) is 4.84 Å². The summed E-state index contributed by atoms with van der Waals surface area (Å²) in [7, 11) is 1.36. The Balaban J connectivity index is 3.00. The van der Waals surface area contributed by atoms with Crippen molar-refractivity contribution >= 4 is 5.97 Å². The number of esters is 1. The first-order valence-electron chi connectivity index (χ1n) is 4.69. The molecule has 0 aliphatic heterocycles. The number of rotatable bonds is 4. The molecule has 0 fully saturated rings. The lowest BCUT2D eigenvalue weighted by Crippen LogP contribution is -2.13. The highest BCUT2D eigenvalue weighted by Crippen LogP contribution is 2.20. The molecule has 82 valence electrons. The Labute approximate surface area is 88.9 Å². The molecule has 0 aliphatic carbocycles. The summed E-state index contributed by atoms with van der Waals surface area (Å²) in [4.78, 5) is 16.0. The fourth-order valence-corrected chi connectivity index (χ4v) is 1.46. The quantitative estimate of drug-likeness (QED) is 0.602. The molecule has 0 aliphatic rings. The first kappa shape index (κ1) is 11.7. The van der Waals surface area contributed by atoms with Gasteiger partial charge >= 0.3 is 5.97 Å². The Morgan fingerprint density at radius 2 is 2.13 bits per heavy atom. The number of carbonyl (C=O) groups excluding carboxylic acids is 1. The minimum absolute atomic E-state index is 0.0605. The minimum atomic E-state index is -0.338. The molecule has 1 atom stereocenters. The molecular weight excluding hydrogens is 194 g/mol. The highest BCUT2D eigenvalue weighted by atomic mass is 16.6. The van der Waals surface area contributed by atoms with Crippen LogP contribution in [-0.4, -0.2) is 19.7 Å². The van der Waals surface area contributed by atoms with Crippen molar-refractivity contribution in [3.63, 3.8) is 0 Å². The summed E-state index contributed by atoms with van der Waals surface area (Å²) in [5.74, 6) is 4.73. The fourth-order valence-electron chi connectivity index (χ4n) is 1.46. The SMILES string of the molecule is COC(=O)c1ccccc1C(C)CON. The van der Waals surface area contributed by atoms with Gasteiger partial charge in [0.2, 0.25) is 0 Å². The van der Waals surface area contributed by atoms with Gasteiger partial charge in [0, 0.05) is 5.92 Å². The van der Waals surface area contributed by atoms with Crippen LogP contribution in [-0.2, 0) is 9.57 Å². The molecule has 1 unspecified atom stereocenters. The second-order valence-corrected chi connectivity index (χ2v) is 3.31. The van der Waals surface area contributed by atoms with Crippen LogP contribution in [0.3, 0.4) is 0 Å². The van der Waals surface area contributed by atoms with Gasteiger partial charge in [-0.05, 0) is 11.6 Å². The molecule has 4 nitrogen and oxygen atoms in total. The first-order chi connectivity index (χ1) is 7.20. The summed E-state index contributed by atoms with van der Waals surface area (Å²) in [6, 6.07) is 7.27. The van der Waals surface area contributed by atoms with Crippen LogP contribution in [0.15, 0.2) is 24.3 Å². The molecule has 0 amide bonds. The number of benzene rings is 1. The molecule has 0 aromatic heterocycles. The fraction of sp³-hybridized carbons (Fsp3) is 0.364. The Kier molecular flexibility index (Phi) is 4.27. The van der Waals surface area contributed by atoms with E-state index in [1.54, 1.807) is 12.1 Å². The normalized spacial score (nSPS) is 12.2. The molecule has 0 spiro atoms. The summed E-state index contributed by atoms with van der Waals surface area (Å²) in [5.41, 5.74) is 1.44. The molecule has 4 heteroatoms. The topological polar surface area (TPSA) is 61.5 Å². The molecule has 0 radical (unpaired) electrons. The third kappa shape index (κ3) is 2.78. The number of hydrogen-bond donors (Lipinski definition) is 1. The predicted molar refractivity (Wildman–Crippen MR) is 56.3 cm³/mol. The van der Waals surface area contributed by atoms with Crippen LogP contribution >= 0.6 is 0 Å². The number of carbonyl (C=O) groups is 1. The van der Waals surface area contributed by atoms with E-state index in [9.17, 15) is 4.79 Å². The Morgan fingerprint density at radius 1 is 1.47 bits per heavy atom. The molecule has 0 saturated carbocycles. The van der Waals surface area contributed by atoms with Gasteiger partial charge in [0.05, 0.1) is 19.3 Å². The van der Waals surface area contributed by atoms with Gasteiger partial charge in [-0.2, -0.15) is 0 Å². The van der Waals surface area contributed by atoms with E-state index in [-0.39, 0.29) is 11.9 Å². The second-order valence-electron chi connectivity index (χ2n) is 3.31. The predicted octanol–water partition coefficient (Wildman–Crippen LogP) is 1.47. The maximum Gasteiger partial charge on any atom is 0.338 e. The zero-order valence-corrected chi connectivity index (χ0v) is 8.90.